The molecule has 114 valence electrons. The standard InChI is InChI=1S/C18H20N2O2/c1-3-9-15(18(21)22-2)17(16-12-7-8-13-19-16)20-14-10-5-4-6-11-14/h3-13,15,17,20H,1-2H3/b9-3+. The number of pyridine rings is 1. The molecule has 0 aliphatic rings. The first-order valence-electron chi connectivity index (χ1n) is 7.19. The van der Waals surface area contributed by atoms with Crippen LogP contribution in [-0.4, -0.2) is 18.1 Å². The van der Waals surface area contributed by atoms with Crippen LogP contribution in [-0.2, 0) is 9.53 Å². The number of anilines is 1. The molecular weight excluding hydrogens is 276 g/mol. The van der Waals surface area contributed by atoms with E-state index < -0.39 is 5.92 Å². The van der Waals surface area contributed by atoms with E-state index in [9.17, 15) is 4.79 Å². The zero-order chi connectivity index (χ0) is 15.8. The van der Waals surface area contributed by atoms with E-state index in [1.807, 2.05) is 67.6 Å². The lowest BCUT2D eigenvalue weighted by molar-refractivity contribution is -0.144. The molecule has 4 heteroatoms. The minimum absolute atomic E-state index is 0.294. The number of allylic oxidation sites excluding steroid dienone is 1. The summed E-state index contributed by atoms with van der Waals surface area (Å²) in [4.78, 5) is 16.6. The van der Waals surface area contributed by atoms with Crippen molar-refractivity contribution in [2.24, 2.45) is 5.92 Å². The maximum absolute atomic E-state index is 12.2. The van der Waals surface area contributed by atoms with Gasteiger partial charge in [-0.15, -0.1) is 0 Å². The van der Waals surface area contributed by atoms with Crippen molar-refractivity contribution in [3.8, 4) is 0 Å². The molecule has 2 rings (SSSR count). The van der Waals surface area contributed by atoms with E-state index in [1.54, 1.807) is 6.20 Å². The van der Waals surface area contributed by atoms with Crippen LogP contribution >= 0.6 is 0 Å². The third kappa shape index (κ3) is 3.95. The van der Waals surface area contributed by atoms with E-state index >= 15 is 0 Å². The molecule has 1 aromatic carbocycles. The Morgan fingerprint density at radius 3 is 2.50 bits per heavy atom. The van der Waals surface area contributed by atoms with Gasteiger partial charge in [0, 0.05) is 11.9 Å². The summed E-state index contributed by atoms with van der Waals surface area (Å²) < 4.78 is 4.95. The molecule has 1 heterocycles. The number of hydrogen-bond donors (Lipinski definition) is 1. The molecule has 0 saturated heterocycles. The molecule has 0 amide bonds. The second-order valence-electron chi connectivity index (χ2n) is 4.82. The molecular formula is C18H20N2O2. The maximum Gasteiger partial charge on any atom is 0.315 e. The number of esters is 1. The van der Waals surface area contributed by atoms with E-state index in [0.29, 0.717) is 0 Å². The Morgan fingerprint density at radius 2 is 1.91 bits per heavy atom. The molecule has 0 aliphatic carbocycles. The SMILES string of the molecule is C/C=C/C(C(=O)OC)C(Nc1ccccc1)c1ccccn1. The number of methoxy groups -OCH3 is 1. The summed E-state index contributed by atoms with van der Waals surface area (Å²) in [5, 5.41) is 3.38. The minimum Gasteiger partial charge on any atom is -0.468 e. The fraction of sp³-hybridized carbons (Fsp3) is 0.222. The maximum atomic E-state index is 12.2. The molecule has 1 aromatic heterocycles. The number of nitrogens with one attached hydrogen (secondary N) is 1. The van der Waals surface area contributed by atoms with E-state index in [-0.39, 0.29) is 12.0 Å². The highest BCUT2D eigenvalue weighted by Crippen LogP contribution is 2.27. The highest BCUT2D eigenvalue weighted by atomic mass is 16.5. The molecule has 0 spiro atoms. The lowest BCUT2D eigenvalue weighted by Crippen LogP contribution is -2.28. The molecule has 4 nitrogen and oxygen atoms in total. The Balaban J connectivity index is 2.38. The van der Waals surface area contributed by atoms with Gasteiger partial charge in [0.25, 0.3) is 0 Å². The summed E-state index contributed by atoms with van der Waals surface area (Å²) in [5.41, 5.74) is 1.72. The van der Waals surface area contributed by atoms with Crippen LogP contribution in [0.4, 0.5) is 5.69 Å². The van der Waals surface area contributed by atoms with E-state index in [2.05, 4.69) is 10.3 Å². The van der Waals surface area contributed by atoms with E-state index in [1.165, 1.54) is 7.11 Å². The number of ether oxygens (including phenoxy) is 1. The second-order valence-corrected chi connectivity index (χ2v) is 4.82. The third-order valence-electron chi connectivity index (χ3n) is 3.33. The van der Waals surface area contributed by atoms with Crippen molar-refractivity contribution in [1.82, 2.24) is 4.98 Å². The van der Waals surface area contributed by atoms with E-state index in [0.717, 1.165) is 11.4 Å². The first-order valence-corrected chi connectivity index (χ1v) is 7.19. The van der Waals surface area contributed by atoms with Gasteiger partial charge in [-0.3, -0.25) is 9.78 Å². The highest BCUT2D eigenvalue weighted by molar-refractivity contribution is 5.76. The van der Waals surface area contributed by atoms with Crippen LogP contribution in [0.15, 0.2) is 66.9 Å². The normalized spacial score (nSPS) is 13.5. The van der Waals surface area contributed by atoms with Crippen molar-refractivity contribution in [3.05, 3.63) is 72.6 Å². The minimum atomic E-state index is -0.454. The first-order chi connectivity index (χ1) is 10.8. The van der Waals surface area contributed by atoms with Gasteiger partial charge >= 0.3 is 5.97 Å². The summed E-state index contributed by atoms with van der Waals surface area (Å²) in [6.07, 6.45) is 5.41. The number of nitrogens with zero attached hydrogens (tertiary/aromatic N) is 1. The molecule has 0 aliphatic heterocycles. The fourth-order valence-corrected chi connectivity index (χ4v) is 2.29. The van der Waals surface area contributed by atoms with Crippen molar-refractivity contribution >= 4 is 11.7 Å². The monoisotopic (exact) mass is 296 g/mol. The van der Waals surface area contributed by atoms with Gasteiger partial charge in [-0.05, 0) is 31.2 Å². The zero-order valence-corrected chi connectivity index (χ0v) is 12.8. The van der Waals surface area contributed by atoms with Crippen LogP contribution in [0.3, 0.4) is 0 Å². The molecule has 2 unspecified atom stereocenters. The average molecular weight is 296 g/mol. The number of rotatable bonds is 6. The quantitative estimate of drug-likeness (QED) is 0.653. The van der Waals surface area contributed by atoms with Gasteiger partial charge in [0.05, 0.1) is 18.8 Å². The Labute approximate surface area is 130 Å². The third-order valence-corrected chi connectivity index (χ3v) is 3.33. The Morgan fingerprint density at radius 1 is 1.18 bits per heavy atom. The van der Waals surface area contributed by atoms with Crippen LogP contribution in [0.25, 0.3) is 0 Å². The van der Waals surface area contributed by atoms with Crippen LogP contribution in [0.2, 0.25) is 0 Å². The van der Waals surface area contributed by atoms with Gasteiger partial charge in [-0.25, -0.2) is 0 Å². The van der Waals surface area contributed by atoms with Gasteiger partial charge in [-0.1, -0.05) is 36.4 Å². The van der Waals surface area contributed by atoms with Gasteiger partial charge in [0.1, 0.15) is 5.92 Å². The molecule has 2 atom stereocenters. The predicted octanol–water partition coefficient (Wildman–Crippen LogP) is 3.60. The van der Waals surface area contributed by atoms with Gasteiger partial charge in [0.15, 0.2) is 0 Å². The average Bonchev–Trinajstić information content (AvgIpc) is 2.59. The Bertz CT molecular complexity index is 611. The summed E-state index contributed by atoms with van der Waals surface area (Å²) in [6, 6.07) is 15.1. The number of para-hydroxylation sites is 1. The molecule has 1 N–H and O–H groups in total. The summed E-state index contributed by atoms with van der Waals surface area (Å²) >= 11 is 0. The number of carbonyl (C=O) groups excluding carboxylic acids is 1. The fourth-order valence-electron chi connectivity index (χ4n) is 2.29. The summed E-state index contributed by atoms with van der Waals surface area (Å²) in [7, 11) is 1.40. The number of aromatic nitrogens is 1. The molecule has 2 aromatic rings. The number of benzene rings is 1. The number of hydrogen-bond acceptors (Lipinski definition) is 4. The van der Waals surface area contributed by atoms with Crippen LogP contribution in [0, 0.1) is 5.92 Å². The molecule has 0 bridgehead atoms. The highest BCUT2D eigenvalue weighted by Gasteiger charge is 2.29. The Hall–Kier alpha value is -2.62. The molecule has 0 saturated carbocycles. The number of carbonyl (C=O) groups is 1. The van der Waals surface area contributed by atoms with Crippen molar-refractivity contribution < 1.29 is 9.53 Å². The predicted molar refractivity (Wildman–Crippen MR) is 87.4 cm³/mol. The molecule has 22 heavy (non-hydrogen) atoms. The zero-order valence-electron chi connectivity index (χ0n) is 12.8. The van der Waals surface area contributed by atoms with Gasteiger partial charge in [-0.2, -0.15) is 0 Å². The topological polar surface area (TPSA) is 51.2 Å². The van der Waals surface area contributed by atoms with Crippen molar-refractivity contribution in [2.45, 2.75) is 13.0 Å². The van der Waals surface area contributed by atoms with Crippen LogP contribution in [0.5, 0.6) is 0 Å². The Kier molecular flexibility index (Phi) is 5.72. The first kappa shape index (κ1) is 15.8. The lowest BCUT2D eigenvalue weighted by Gasteiger charge is -2.24. The van der Waals surface area contributed by atoms with E-state index in [4.69, 9.17) is 4.74 Å². The van der Waals surface area contributed by atoms with Crippen molar-refractivity contribution in [1.29, 1.82) is 0 Å². The summed E-state index contributed by atoms with van der Waals surface area (Å²) in [6.45, 7) is 1.88. The lowest BCUT2D eigenvalue weighted by atomic mass is 9.95. The van der Waals surface area contributed by atoms with Gasteiger partial charge in [0.2, 0.25) is 0 Å². The molecule has 0 fully saturated rings. The van der Waals surface area contributed by atoms with Crippen LogP contribution in [0.1, 0.15) is 18.7 Å². The van der Waals surface area contributed by atoms with Crippen molar-refractivity contribution in [2.75, 3.05) is 12.4 Å². The smallest absolute Gasteiger partial charge is 0.315 e. The van der Waals surface area contributed by atoms with Crippen molar-refractivity contribution in [3.63, 3.8) is 0 Å². The second kappa shape index (κ2) is 7.98. The largest absolute Gasteiger partial charge is 0.468 e. The summed E-state index contributed by atoms with van der Waals surface area (Å²) in [5.74, 6) is -0.748. The van der Waals surface area contributed by atoms with Gasteiger partial charge < -0.3 is 10.1 Å². The van der Waals surface area contributed by atoms with Crippen LogP contribution < -0.4 is 5.32 Å². The molecule has 0 radical (unpaired) electrons.